The van der Waals surface area contributed by atoms with Gasteiger partial charge in [-0.1, -0.05) is 175 Å². The van der Waals surface area contributed by atoms with Crippen LogP contribution >= 0.6 is 0 Å². The largest absolute Gasteiger partial charge is 0.509 e. The van der Waals surface area contributed by atoms with Gasteiger partial charge in [0.15, 0.2) is 24.4 Å². The van der Waals surface area contributed by atoms with E-state index in [0.717, 1.165) is 51.7 Å². The molecule has 0 aromatic rings. The van der Waals surface area contributed by atoms with Crippen LogP contribution in [0.3, 0.4) is 0 Å². The van der Waals surface area contributed by atoms with Crippen LogP contribution in [-0.2, 0) is 71.1 Å². The molecule has 6 saturated heterocycles. The van der Waals surface area contributed by atoms with E-state index in [4.69, 9.17) is 33.2 Å². The highest BCUT2D eigenvalue weighted by molar-refractivity contribution is 5.63. The van der Waals surface area contributed by atoms with Crippen molar-refractivity contribution in [2.24, 2.45) is 0 Å². The number of carbonyl (C=O) groups excluding carboxylic acids is 6. The van der Waals surface area contributed by atoms with Crippen molar-refractivity contribution in [2.45, 2.75) is 224 Å². The summed E-state index contributed by atoms with van der Waals surface area (Å²) in [4.78, 5) is 62.1. The fraction of sp³-hybridized carbons (Fsp3) is 0.821. The molecule has 6 rings (SSSR count). The highest BCUT2D eigenvalue weighted by atomic mass is 16.8. The lowest BCUT2D eigenvalue weighted by Crippen LogP contribution is -2.18. The van der Waals surface area contributed by atoms with Gasteiger partial charge in [-0.2, -0.15) is 0 Å². The Morgan fingerprint density at radius 3 is 0.883 bits per heavy atom. The van der Waals surface area contributed by atoms with E-state index in [1.54, 1.807) is 6.08 Å². The third kappa shape index (κ3) is 55.5. The van der Waals surface area contributed by atoms with Crippen molar-refractivity contribution in [3.8, 4) is 0 Å². The minimum absolute atomic E-state index is 0.0162. The van der Waals surface area contributed by atoms with E-state index in [9.17, 15) is 28.8 Å². The summed E-state index contributed by atoms with van der Waals surface area (Å²) in [6, 6.07) is 0. The summed E-state index contributed by atoms with van der Waals surface area (Å²) in [5.41, 5.74) is 0. The zero-order valence-electron chi connectivity index (χ0n) is 50.6. The van der Waals surface area contributed by atoms with Gasteiger partial charge >= 0.3 is 36.9 Å². The van der Waals surface area contributed by atoms with Gasteiger partial charge in [0.05, 0.1) is 26.4 Å². The van der Waals surface area contributed by atoms with Crippen molar-refractivity contribution in [3.63, 3.8) is 0 Å². The lowest BCUT2D eigenvalue weighted by atomic mass is 10.2. The third-order valence-corrected chi connectivity index (χ3v) is 8.78. The first-order valence-corrected chi connectivity index (χ1v) is 28.4. The molecule has 6 aliphatic heterocycles. The molecule has 458 valence electrons. The number of carbonyl (C=O) groups is 6. The summed E-state index contributed by atoms with van der Waals surface area (Å²) in [5.74, 6) is 0. The number of hydrogen-bond donors (Lipinski definition) is 0. The zero-order valence-corrected chi connectivity index (χ0v) is 50.6. The molecule has 0 aliphatic carbocycles. The Kier molecular flexibility index (Phi) is 72.6. The second-order valence-electron chi connectivity index (χ2n) is 14.6. The first-order valence-electron chi connectivity index (χ1n) is 28.4. The van der Waals surface area contributed by atoms with E-state index < -0.39 is 36.9 Å². The second-order valence-corrected chi connectivity index (χ2v) is 14.6. The molecule has 6 heterocycles. The van der Waals surface area contributed by atoms with Crippen LogP contribution in [0.5, 0.6) is 0 Å². The number of hydrogen-bond acceptors (Lipinski definition) is 21. The van der Waals surface area contributed by atoms with Gasteiger partial charge in [-0.15, -0.1) is 6.58 Å². The van der Waals surface area contributed by atoms with Crippen molar-refractivity contribution in [1.82, 2.24) is 0 Å². The van der Waals surface area contributed by atoms with Crippen LogP contribution in [0.1, 0.15) is 188 Å². The van der Waals surface area contributed by atoms with Gasteiger partial charge in [-0.3, -0.25) is 0 Å². The molecule has 0 bridgehead atoms. The summed E-state index contributed by atoms with van der Waals surface area (Å²) >= 11 is 0. The van der Waals surface area contributed by atoms with Crippen LogP contribution in [-0.4, -0.2) is 153 Å². The van der Waals surface area contributed by atoms with Gasteiger partial charge < -0.3 is 71.1 Å². The first kappa shape index (κ1) is 83.3. The highest BCUT2D eigenvalue weighted by Crippen LogP contribution is 2.13. The van der Waals surface area contributed by atoms with E-state index in [1.165, 1.54) is 44.6 Å². The molecule has 0 radical (unpaired) electrons. The maximum atomic E-state index is 10.5. The highest BCUT2D eigenvalue weighted by Gasteiger charge is 2.27. The van der Waals surface area contributed by atoms with E-state index in [-0.39, 0.29) is 43.2 Å². The van der Waals surface area contributed by atoms with Crippen LogP contribution in [0, 0.1) is 0 Å². The fourth-order valence-electron chi connectivity index (χ4n) is 5.43. The second kappa shape index (κ2) is 67.1. The number of cyclic esters (lactones) is 12. The topological polar surface area (TPSA) is 241 Å². The minimum atomic E-state index is -0.614. The summed E-state index contributed by atoms with van der Waals surface area (Å²) < 4.78 is 71.4. The predicted octanol–water partition coefficient (Wildman–Crippen LogP) is 14.5. The Morgan fingerprint density at radius 2 is 0.662 bits per heavy atom. The van der Waals surface area contributed by atoms with Crippen molar-refractivity contribution < 1.29 is 99.8 Å². The molecule has 0 aromatic heterocycles. The van der Waals surface area contributed by atoms with Crippen LogP contribution < -0.4 is 0 Å². The number of ether oxygens (including phenoxy) is 15. The standard InChI is InChI=1S/2C10H18O4.C7H10O4.2C6H10O3.C5H6O3.6C2H6/c2*1-2-3-4-5-6-12-7-9-8-13-10(11)14-9;1-2-3-9-4-6-5-10-7(8)11-6;2*1-2-3-5-4-8-6(7)9-5;1-2-4-3-7-5(6)8-4;6*1-2/h2*9H,2-8H2,1H3;2,6H,1,3-5H2;2*5H,2-4H2,1H3;2,4H,1,3H2;6*1-2H3. The van der Waals surface area contributed by atoms with Crippen LogP contribution in [0.4, 0.5) is 28.8 Å². The molecule has 0 aromatic carbocycles. The molecule has 0 N–H and O–H groups in total. The Hall–Kier alpha value is -5.02. The minimum Gasteiger partial charge on any atom is -0.430 e. The lowest BCUT2D eigenvalue weighted by Gasteiger charge is -2.06. The third-order valence-electron chi connectivity index (χ3n) is 8.78. The maximum Gasteiger partial charge on any atom is 0.509 e. The molecule has 6 aliphatic rings. The molecule has 0 saturated carbocycles. The van der Waals surface area contributed by atoms with Gasteiger partial charge in [0.2, 0.25) is 0 Å². The molecule has 0 amide bonds. The van der Waals surface area contributed by atoms with Crippen LogP contribution in [0.2, 0.25) is 0 Å². The van der Waals surface area contributed by atoms with Crippen molar-refractivity contribution in [3.05, 3.63) is 25.3 Å². The zero-order chi connectivity index (χ0) is 59.9. The Balaban J connectivity index is -0.000000190. The average molecular weight is 1120 g/mol. The van der Waals surface area contributed by atoms with Crippen molar-refractivity contribution in [1.29, 1.82) is 0 Å². The lowest BCUT2D eigenvalue weighted by molar-refractivity contribution is 0.0443. The number of rotatable bonds is 23. The smallest absolute Gasteiger partial charge is 0.430 e. The van der Waals surface area contributed by atoms with E-state index in [2.05, 4.69) is 64.9 Å². The van der Waals surface area contributed by atoms with Crippen LogP contribution in [0.15, 0.2) is 25.3 Å². The molecule has 6 fully saturated rings. The van der Waals surface area contributed by atoms with E-state index >= 15 is 0 Å². The van der Waals surface area contributed by atoms with E-state index in [1.807, 2.05) is 96.9 Å². The predicted molar refractivity (Wildman–Crippen MR) is 296 cm³/mol. The molecule has 77 heavy (non-hydrogen) atoms. The van der Waals surface area contributed by atoms with Gasteiger partial charge in [-0.25, -0.2) is 28.8 Å². The fourth-order valence-corrected chi connectivity index (χ4v) is 5.43. The SMILES string of the molecule is C=CC1COC(=O)O1.C=CCOCC1COC(=O)O1.CC.CC.CC.CC.CC.CC.CCCC1COC(=O)O1.CCCC1COC(=O)O1.CCCCCCOCC1COC(=O)O1.CCCCCCOCC1COC(=O)O1. The molecule has 6 atom stereocenters. The van der Waals surface area contributed by atoms with Gasteiger partial charge in [-0.05, 0) is 31.8 Å². The summed E-state index contributed by atoms with van der Waals surface area (Å²) in [5, 5.41) is 0. The molecule has 21 nitrogen and oxygen atoms in total. The summed E-state index contributed by atoms with van der Waals surface area (Å²) in [7, 11) is 0. The summed E-state index contributed by atoms with van der Waals surface area (Å²) in [6.45, 7) is 44.7. The maximum absolute atomic E-state index is 10.5. The number of unbranched alkanes of at least 4 members (excludes halogenated alkanes) is 6. The Bertz CT molecular complexity index is 1280. The van der Waals surface area contributed by atoms with Crippen molar-refractivity contribution in [2.75, 3.05) is 79.3 Å². The molecular formula is C56H108O21. The van der Waals surface area contributed by atoms with Crippen LogP contribution in [0.25, 0.3) is 0 Å². The summed E-state index contributed by atoms with van der Waals surface area (Å²) in [6.07, 6.45) is 12.3. The molecule has 6 unspecified atom stereocenters. The molecular weight excluding hydrogens is 1010 g/mol. The quantitative estimate of drug-likeness (QED) is 0.0400. The van der Waals surface area contributed by atoms with Crippen molar-refractivity contribution >= 4 is 36.9 Å². The van der Waals surface area contributed by atoms with Gasteiger partial charge in [0.1, 0.15) is 51.8 Å². The monoisotopic (exact) mass is 1120 g/mol. The van der Waals surface area contributed by atoms with Gasteiger partial charge in [0, 0.05) is 13.2 Å². The first-order chi connectivity index (χ1) is 37.5. The average Bonchev–Trinajstić information content (AvgIpc) is 4.37. The molecule has 0 spiro atoms. The normalized spacial score (nSPS) is 19.9. The van der Waals surface area contributed by atoms with E-state index in [0.29, 0.717) is 59.5 Å². The molecule has 21 heteroatoms. The Labute approximate surface area is 464 Å². The Morgan fingerprint density at radius 1 is 0.377 bits per heavy atom. The van der Waals surface area contributed by atoms with Gasteiger partial charge in [0.25, 0.3) is 0 Å².